The van der Waals surface area contributed by atoms with Gasteiger partial charge in [-0.2, -0.15) is 11.8 Å². The molecular formula is C15H16S. The summed E-state index contributed by atoms with van der Waals surface area (Å²) in [6, 6.07) is 8.87. The van der Waals surface area contributed by atoms with Crippen molar-refractivity contribution in [1.82, 2.24) is 0 Å². The van der Waals surface area contributed by atoms with Crippen LogP contribution < -0.4 is 0 Å². The minimum atomic E-state index is 1.02. The first-order chi connectivity index (χ1) is 7.90. The second kappa shape index (κ2) is 5.76. The molecule has 0 bridgehead atoms. The highest BCUT2D eigenvalue weighted by molar-refractivity contribution is 7.97. The lowest BCUT2D eigenvalue weighted by atomic mass is 10.0. The monoisotopic (exact) mass is 228 g/mol. The Kier molecular flexibility index (Phi) is 4.06. The van der Waals surface area contributed by atoms with Crippen LogP contribution >= 0.6 is 11.8 Å². The van der Waals surface area contributed by atoms with Gasteiger partial charge in [-0.1, -0.05) is 54.6 Å². The van der Waals surface area contributed by atoms with E-state index in [-0.39, 0.29) is 0 Å². The predicted octanol–water partition coefficient (Wildman–Crippen LogP) is 4.45. The maximum atomic E-state index is 2.27. The molecule has 16 heavy (non-hydrogen) atoms. The lowest BCUT2D eigenvalue weighted by Gasteiger charge is -2.04. The summed E-state index contributed by atoms with van der Waals surface area (Å²) in [6.07, 6.45) is 14.0. The number of thioether (sulfide) groups is 1. The molecule has 0 amide bonds. The van der Waals surface area contributed by atoms with Gasteiger partial charge in [0.05, 0.1) is 0 Å². The molecule has 0 unspecified atom stereocenters. The Morgan fingerprint density at radius 1 is 1.12 bits per heavy atom. The summed E-state index contributed by atoms with van der Waals surface area (Å²) in [4.78, 5) is 0. The van der Waals surface area contributed by atoms with E-state index in [0.29, 0.717) is 0 Å². The molecule has 0 fully saturated rings. The molecule has 0 radical (unpaired) electrons. The molecule has 1 heteroatoms. The largest absolute Gasteiger partial charge is 0.161 e. The lowest BCUT2D eigenvalue weighted by molar-refractivity contribution is 1.39. The highest BCUT2D eigenvalue weighted by Crippen LogP contribution is 2.20. The van der Waals surface area contributed by atoms with Crippen molar-refractivity contribution in [3.05, 3.63) is 65.8 Å². The van der Waals surface area contributed by atoms with Crippen LogP contribution in [0.15, 0.2) is 54.6 Å². The second-order valence-electron chi connectivity index (χ2n) is 3.81. The molecule has 0 aliphatic heterocycles. The molecule has 1 aliphatic carbocycles. The van der Waals surface area contributed by atoms with Gasteiger partial charge in [0.15, 0.2) is 0 Å². The SMILES string of the molecule is CSCc1ccc(C2=CCC=CC=C2)cc1. The first-order valence-corrected chi connectivity index (χ1v) is 6.91. The maximum absolute atomic E-state index is 2.27. The Morgan fingerprint density at radius 3 is 2.69 bits per heavy atom. The molecule has 0 saturated carbocycles. The van der Waals surface area contributed by atoms with Gasteiger partial charge in [0, 0.05) is 5.75 Å². The van der Waals surface area contributed by atoms with E-state index in [2.05, 4.69) is 60.9 Å². The van der Waals surface area contributed by atoms with Gasteiger partial charge in [-0.05, 0) is 29.4 Å². The lowest BCUT2D eigenvalue weighted by Crippen LogP contribution is -1.84. The zero-order chi connectivity index (χ0) is 11.2. The van der Waals surface area contributed by atoms with Crippen LogP contribution in [-0.2, 0) is 5.75 Å². The molecule has 0 atom stereocenters. The van der Waals surface area contributed by atoms with E-state index in [1.165, 1.54) is 16.7 Å². The molecule has 0 nitrogen and oxygen atoms in total. The molecule has 0 spiro atoms. The smallest absolute Gasteiger partial charge is 0.0181 e. The van der Waals surface area contributed by atoms with Gasteiger partial charge in [0.25, 0.3) is 0 Å². The number of hydrogen-bond donors (Lipinski definition) is 0. The summed E-state index contributed by atoms with van der Waals surface area (Å²) >= 11 is 1.86. The van der Waals surface area contributed by atoms with Gasteiger partial charge in [0.2, 0.25) is 0 Å². The van der Waals surface area contributed by atoms with Crippen molar-refractivity contribution >= 4 is 17.3 Å². The predicted molar refractivity (Wildman–Crippen MR) is 74.5 cm³/mol. The minimum Gasteiger partial charge on any atom is -0.161 e. The average Bonchev–Trinajstić information content (AvgIpc) is 2.59. The molecule has 82 valence electrons. The van der Waals surface area contributed by atoms with Crippen molar-refractivity contribution in [2.75, 3.05) is 6.26 Å². The van der Waals surface area contributed by atoms with Gasteiger partial charge < -0.3 is 0 Å². The molecule has 0 heterocycles. The summed E-state index contributed by atoms with van der Waals surface area (Å²) in [5.74, 6) is 1.09. The van der Waals surface area contributed by atoms with E-state index in [4.69, 9.17) is 0 Å². The first-order valence-electron chi connectivity index (χ1n) is 5.52. The Bertz CT molecular complexity index is 421. The van der Waals surface area contributed by atoms with Gasteiger partial charge in [-0.3, -0.25) is 0 Å². The summed E-state index contributed by atoms with van der Waals surface area (Å²) < 4.78 is 0. The highest BCUT2D eigenvalue weighted by Gasteiger charge is 1.99. The Morgan fingerprint density at radius 2 is 1.94 bits per heavy atom. The molecule has 0 saturated heterocycles. The fraction of sp³-hybridized carbons (Fsp3) is 0.200. The molecule has 2 rings (SSSR count). The van der Waals surface area contributed by atoms with Crippen LogP contribution in [0.2, 0.25) is 0 Å². The topological polar surface area (TPSA) is 0 Å². The van der Waals surface area contributed by atoms with E-state index < -0.39 is 0 Å². The van der Waals surface area contributed by atoms with Gasteiger partial charge >= 0.3 is 0 Å². The van der Waals surface area contributed by atoms with Gasteiger partial charge in [-0.15, -0.1) is 0 Å². The van der Waals surface area contributed by atoms with Crippen LogP contribution in [0.3, 0.4) is 0 Å². The van der Waals surface area contributed by atoms with Gasteiger partial charge in [0.1, 0.15) is 0 Å². The fourth-order valence-corrected chi connectivity index (χ4v) is 2.28. The van der Waals surface area contributed by atoms with Crippen LogP contribution in [0.4, 0.5) is 0 Å². The normalized spacial score (nSPS) is 14.7. The third-order valence-corrected chi connectivity index (χ3v) is 3.22. The summed E-state index contributed by atoms with van der Waals surface area (Å²) in [7, 11) is 0. The third-order valence-electron chi connectivity index (χ3n) is 2.60. The molecule has 1 aromatic rings. The van der Waals surface area contributed by atoms with Crippen molar-refractivity contribution in [1.29, 1.82) is 0 Å². The van der Waals surface area contributed by atoms with E-state index in [1.807, 2.05) is 11.8 Å². The molecule has 1 aromatic carbocycles. The van der Waals surface area contributed by atoms with Crippen molar-refractivity contribution in [3.8, 4) is 0 Å². The van der Waals surface area contributed by atoms with E-state index >= 15 is 0 Å². The second-order valence-corrected chi connectivity index (χ2v) is 4.68. The fourth-order valence-electron chi connectivity index (χ4n) is 1.75. The third kappa shape index (κ3) is 2.89. The van der Waals surface area contributed by atoms with E-state index in [1.54, 1.807) is 0 Å². The Hall–Kier alpha value is -1.21. The van der Waals surface area contributed by atoms with Crippen molar-refractivity contribution in [2.24, 2.45) is 0 Å². The van der Waals surface area contributed by atoms with Crippen LogP contribution in [0.25, 0.3) is 5.57 Å². The highest BCUT2D eigenvalue weighted by atomic mass is 32.2. The Balaban J connectivity index is 2.18. The average molecular weight is 228 g/mol. The van der Waals surface area contributed by atoms with Crippen molar-refractivity contribution in [2.45, 2.75) is 12.2 Å². The quantitative estimate of drug-likeness (QED) is 0.736. The standard InChI is InChI=1S/C15H16S/c1-16-12-13-8-10-15(11-9-13)14-6-4-2-3-5-7-14/h2-4,6-11H,5,12H2,1H3. The molecular weight excluding hydrogens is 212 g/mol. The number of allylic oxidation sites excluding steroid dienone is 6. The van der Waals surface area contributed by atoms with E-state index in [0.717, 1.165) is 12.2 Å². The van der Waals surface area contributed by atoms with Gasteiger partial charge in [-0.25, -0.2) is 0 Å². The van der Waals surface area contributed by atoms with Crippen molar-refractivity contribution < 1.29 is 0 Å². The first kappa shape index (κ1) is 11.3. The van der Waals surface area contributed by atoms with Crippen LogP contribution in [0.5, 0.6) is 0 Å². The number of benzene rings is 1. The number of rotatable bonds is 3. The molecule has 1 aliphatic rings. The maximum Gasteiger partial charge on any atom is 0.0181 e. The zero-order valence-corrected chi connectivity index (χ0v) is 10.3. The number of hydrogen-bond acceptors (Lipinski definition) is 1. The van der Waals surface area contributed by atoms with Crippen LogP contribution in [0.1, 0.15) is 17.5 Å². The summed E-state index contributed by atoms with van der Waals surface area (Å²) in [6.45, 7) is 0. The summed E-state index contributed by atoms with van der Waals surface area (Å²) in [5, 5.41) is 0. The van der Waals surface area contributed by atoms with Crippen molar-refractivity contribution in [3.63, 3.8) is 0 Å². The Labute approximate surface area is 102 Å². The van der Waals surface area contributed by atoms with Crippen LogP contribution in [-0.4, -0.2) is 6.26 Å². The van der Waals surface area contributed by atoms with Crippen LogP contribution in [0, 0.1) is 0 Å². The molecule has 0 aromatic heterocycles. The zero-order valence-electron chi connectivity index (χ0n) is 9.52. The van der Waals surface area contributed by atoms with E-state index in [9.17, 15) is 0 Å². The summed E-state index contributed by atoms with van der Waals surface area (Å²) in [5.41, 5.74) is 4.03. The minimum absolute atomic E-state index is 1.02. The molecule has 0 N–H and O–H groups in total.